The van der Waals surface area contributed by atoms with E-state index in [2.05, 4.69) is 25.8 Å². The number of aliphatic hydroxyl groups is 4. The molecule has 12 nitrogen and oxygen atoms in total. The van der Waals surface area contributed by atoms with Crippen LogP contribution in [-0.2, 0) is 33.3 Å². The molecule has 4 aliphatic rings. The Kier molecular flexibility index (Phi) is 19.1. The zero-order chi connectivity index (χ0) is 46.3. The molecule has 18 atom stereocenters. The predicted octanol–water partition coefficient (Wildman–Crippen LogP) is 8.12. The highest BCUT2D eigenvalue weighted by molar-refractivity contribution is 8.76. The first-order valence-corrected chi connectivity index (χ1v) is 26.2. The normalized spacial score (nSPS) is 37.0. The first-order chi connectivity index (χ1) is 29.8. The van der Waals surface area contributed by atoms with Gasteiger partial charge in [-0.3, -0.25) is 9.59 Å². The van der Waals surface area contributed by atoms with Crippen LogP contribution < -0.4 is 0 Å². The molecule has 0 radical (unpaired) electrons. The minimum Gasteiger partial charge on any atom is -0.464 e. The Morgan fingerprint density at radius 1 is 1.00 bits per heavy atom. The molecule has 3 saturated heterocycles. The third kappa shape index (κ3) is 12.5. The summed E-state index contributed by atoms with van der Waals surface area (Å²) in [5.41, 5.74) is -2.13. The summed E-state index contributed by atoms with van der Waals surface area (Å²) in [5, 5.41) is 46.5. The van der Waals surface area contributed by atoms with Gasteiger partial charge in [0.15, 0.2) is 5.79 Å². The number of esters is 1. The van der Waals surface area contributed by atoms with Crippen molar-refractivity contribution in [2.45, 2.75) is 204 Å². The standard InChI is InChI=1S/C49H79NO11S2/c1-11-35(46(54)57-26-27-62-63-41-16-14-15-25-50-41)38-18-17-29(4)44(59-38)33(8)42(52)32(7)43(53)36(12-2)45-30(5)28-31(6)49(61-45)24-19-37(51)39(60-49)20-22-47(10,55)40-21-23-48(56,13-3)34(9)58-40/h14-16,19,24-25,29-40,42,44-45,51-52,55-56H,11-13,17-18,20-23,26-28H2,1-10H3/t29-,30-,31+,32-,33-,34-,35+,36-,37+,38+,39-,40+,42+,44+,45-,47-,48+,49+/m1/s1. The first-order valence-electron chi connectivity index (χ1n) is 23.9. The summed E-state index contributed by atoms with van der Waals surface area (Å²) in [4.78, 5) is 32.2. The Hall–Kier alpha value is -1.59. The minimum atomic E-state index is -1.21. The van der Waals surface area contributed by atoms with Crippen molar-refractivity contribution in [3.8, 4) is 0 Å². The molecule has 4 N–H and O–H groups in total. The van der Waals surface area contributed by atoms with Crippen LogP contribution >= 0.6 is 21.6 Å². The molecular formula is C49H79NO11S2. The first kappa shape index (κ1) is 52.4. The van der Waals surface area contributed by atoms with E-state index in [0.717, 1.165) is 17.9 Å². The van der Waals surface area contributed by atoms with Crippen LogP contribution in [-0.4, -0.2) is 115 Å². The molecule has 63 heavy (non-hydrogen) atoms. The number of carbonyl (C=O) groups is 2. The molecule has 5 heterocycles. The van der Waals surface area contributed by atoms with E-state index < -0.39 is 71.4 Å². The van der Waals surface area contributed by atoms with Crippen LogP contribution in [0.1, 0.15) is 133 Å². The summed E-state index contributed by atoms with van der Waals surface area (Å²) in [5.74, 6) is -2.88. The summed E-state index contributed by atoms with van der Waals surface area (Å²) in [6, 6.07) is 5.76. The van der Waals surface area contributed by atoms with Gasteiger partial charge in [0, 0.05) is 35.6 Å². The van der Waals surface area contributed by atoms with Gasteiger partial charge in [0.2, 0.25) is 0 Å². The molecule has 1 aromatic heterocycles. The van der Waals surface area contributed by atoms with Gasteiger partial charge >= 0.3 is 5.97 Å². The smallest absolute Gasteiger partial charge is 0.311 e. The van der Waals surface area contributed by atoms with Gasteiger partial charge in [-0.15, -0.1) is 0 Å². The maximum Gasteiger partial charge on any atom is 0.311 e. The Labute approximate surface area is 385 Å². The van der Waals surface area contributed by atoms with Crippen LogP contribution in [0.3, 0.4) is 0 Å². The number of ketones is 1. The van der Waals surface area contributed by atoms with Gasteiger partial charge in [0.05, 0.1) is 66.0 Å². The van der Waals surface area contributed by atoms with Gasteiger partial charge < -0.3 is 44.1 Å². The maximum atomic E-state index is 14.6. The van der Waals surface area contributed by atoms with Crippen molar-refractivity contribution in [3.05, 3.63) is 36.5 Å². The number of carbonyl (C=O) groups excluding carboxylic acids is 2. The fraction of sp³-hybridized carbons (Fsp3) is 0.816. The number of hydrogen-bond donors (Lipinski definition) is 4. The molecule has 358 valence electrons. The average molecular weight is 922 g/mol. The van der Waals surface area contributed by atoms with Crippen molar-refractivity contribution in [3.63, 3.8) is 0 Å². The van der Waals surface area contributed by atoms with Crippen LogP contribution in [0.25, 0.3) is 0 Å². The lowest BCUT2D eigenvalue weighted by atomic mass is 9.72. The number of pyridine rings is 1. The maximum absolute atomic E-state index is 14.6. The van der Waals surface area contributed by atoms with E-state index in [9.17, 15) is 30.0 Å². The quantitative estimate of drug-likeness (QED) is 0.0427. The number of Topliss-reactive ketones (excluding diaryl/α,β-unsaturated/α-hetero) is 1. The number of aromatic nitrogens is 1. The summed E-state index contributed by atoms with van der Waals surface area (Å²) >= 11 is 0. The van der Waals surface area contributed by atoms with Gasteiger partial charge in [0.25, 0.3) is 0 Å². The fourth-order valence-corrected chi connectivity index (χ4v) is 12.4. The lowest BCUT2D eigenvalue weighted by Crippen LogP contribution is -2.58. The molecule has 4 aliphatic heterocycles. The molecule has 0 bridgehead atoms. The van der Waals surface area contributed by atoms with E-state index in [1.807, 2.05) is 52.8 Å². The van der Waals surface area contributed by atoms with E-state index in [1.165, 1.54) is 0 Å². The van der Waals surface area contributed by atoms with Gasteiger partial charge in [-0.05, 0) is 119 Å². The SMILES string of the molecule is CC[C@H](C(=O)[C@H](C)[C@H](O)[C@@H](C)[C@H]1O[C@H]([C@H](CC)C(=O)OCCSSc2ccccn2)CC[C@H]1C)[C@@H]1O[C@@]2(C=C[C@H](O)[C@@H](CC[C@@](C)(O)[C@@H]3CC[C@@](O)(CC)[C@@H](C)O3)O2)[C@@H](C)C[C@H]1C. The van der Waals surface area contributed by atoms with Crippen molar-refractivity contribution in [1.29, 1.82) is 0 Å². The molecule has 3 fully saturated rings. The molecule has 1 spiro atoms. The average Bonchev–Trinajstić information content (AvgIpc) is 3.27. The summed E-state index contributed by atoms with van der Waals surface area (Å²) in [6.07, 6.45) is 6.25. The van der Waals surface area contributed by atoms with Gasteiger partial charge in [0.1, 0.15) is 17.4 Å². The Morgan fingerprint density at radius 3 is 2.38 bits per heavy atom. The molecule has 0 saturated carbocycles. The summed E-state index contributed by atoms with van der Waals surface area (Å²) in [7, 11) is 3.14. The van der Waals surface area contributed by atoms with E-state index >= 15 is 0 Å². The van der Waals surface area contributed by atoms with E-state index in [0.29, 0.717) is 63.7 Å². The highest BCUT2D eigenvalue weighted by atomic mass is 33.1. The van der Waals surface area contributed by atoms with Gasteiger partial charge in [-0.2, -0.15) is 0 Å². The monoisotopic (exact) mass is 922 g/mol. The number of nitrogens with zero attached hydrogens (tertiary/aromatic N) is 1. The molecule has 0 unspecified atom stereocenters. The predicted molar refractivity (Wildman–Crippen MR) is 247 cm³/mol. The zero-order valence-corrected chi connectivity index (χ0v) is 41.2. The topological polar surface area (TPSA) is 174 Å². The molecule has 0 aliphatic carbocycles. The van der Waals surface area contributed by atoms with Crippen molar-refractivity contribution in [2.24, 2.45) is 41.4 Å². The van der Waals surface area contributed by atoms with Gasteiger partial charge in [-0.1, -0.05) is 78.3 Å². The molecular weight excluding hydrogens is 843 g/mol. The summed E-state index contributed by atoms with van der Waals surface area (Å²) in [6.45, 7) is 19.8. The summed E-state index contributed by atoms with van der Waals surface area (Å²) < 4.78 is 32.3. The minimum absolute atomic E-state index is 0.0166. The van der Waals surface area contributed by atoms with Crippen LogP contribution in [0.5, 0.6) is 0 Å². The fourth-order valence-electron chi connectivity index (χ4n) is 10.6. The van der Waals surface area contributed by atoms with Crippen LogP contribution in [0.4, 0.5) is 0 Å². The van der Waals surface area contributed by atoms with Crippen molar-refractivity contribution in [2.75, 3.05) is 12.4 Å². The lowest BCUT2D eigenvalue weighted by molar-refractivity contribution is -0.322. The van der Waals surface area contributed by atoms with E-state index in [4.69, 9.17) is 23.7 Å². The number of aliphatic hydroxyl groups excluding tert-OH is 2. The number of ether oxygens (including phenoxy) is 5. The van der Waals surface area contributed by atoms with Crippen LogP contribution in [0, 0.1) is 41.4 Å². The Balaban J connectivity index is 1.19. The number of hydrogen-bond acceptors (Lipinski definition) is 14. The Bertz CT molecular complexity index is 1640. The lowest BCUT2D eigenvalue weighted by Gasteiger charge is -2.52. The second kappa shape index (κ2) is 22.9. The Morgan fingerprint density at radius 2 is 1.73 bits per heavy atom. The third-order valence-electron chi connectivity index (χ3n) is 15.1. The molecule has 0 aromatic carbocycles. The van der Waals surface area contributed by atoms with Crippen molar-refractivity contribution < 1.29 is 53.7 Å². The van der Waals surface area contributed by atoms with Crippen molar-refractivity contribution in [1.82, 2.24) is 4.98 Å². The van der Waals surface area contributed by atoms with Crippen LogP contribution in [0.2, 0.25) is 0 Å². The second-order valence-corrected chi connectivity index (χ2v) is 22.0. The molecule has 1 aromatic rings. The molecule has 5 rings (SSSR count). The van der Waals surface area contributed by atoms with E-state index in [-0.39, 0.29) is 47.6 Å². The largest absolute Gasteiger partial charge is 0.464 e. The second-order valence-electron chi connectivity index (χ2n) is 19.6. The highest BCUT2D eigenvalue weighted by Gasteiger charge is 2.53. The van der Waals surface area contributed by atoms with Crippen molar-refractivity contribution >= 4 is 33.3 Å². The van der Waals surface area contributed by atoms with Crippen LogP contribution in [0.15, 0.2) is 41.6 Å². The highest BCUT2D eigenvalue weighted by Crippen LogP contribution is 2.47. The van der Waals surface area contributed by atoms with E-state index in [1.54, 1.807) is 53.8 Å². The molecule has 0 amide bonds. The third-order valence-corrected chi connectivity index (χ3v) is 17.4. The molecule has 14 heteroatoms. The zero-order valence-electron chi connectivity index (χ0n) is 39.5. The number of rotatable bonds is 20. The van der Waals surface area contributed by atoms with Gasteiger partial charge in [-0.25, -0.2) is 4.98 Å².